The van der Waals surface area contributed by atoms with Gasteiger partial charge in [-0.1, -0.05) is 23.2 Å². The molecule has 2 rings (SSSR count). The number of nitrogens with one attached hydrogen (secondary N) is 2. The number of hydrogen-bond donors (Lipinski definition) is 2. The predicted octanol–water partition coefficient (Wildman–Crippen LogP) is 4.69. The number of halogens is 2. The first-order valence-corrected chi connectivity index (χ1v) is 9.19. The van der Waals surface area contributed by atoms with Crippen molar-refractivity contribution in [2.45, 2.75) is 0 Å². The average molecular weight is 429 g/mol. The summed E-state index contributed by atoms with van der Waals surface area (Å²) in [5.74, 6) is 1.03. The summed E-state index contributed by atoms with van der Waals surface area (Å²) in [5, 5.41) is 6.16. The molecule has 2 aromatic carbocycles. The van der Waals surface area contributed by atoms with Crippen LogP contribution in [0.15, 0.2) is 36.4 Å². The van der Waals surface area contributed by atoms with E-state index in [2.05, 4.69) is 10.6 Å². The third-order valence-electron chi connectivity index (χ3n) is 3.47. The Bertz CT molecular complexity index is 725. The van der Waals surface area contributed by atoms with Crippen LogP contribution in [0.3, 0.4) is 0 Å². The third kappa shape index (κ3) is 7.09. The highest BCUT2D eigenvalue weighted by Crippen LogP contribution is 2.29. The molecule has 0 aliphatic heterocycles. The monoisotopic (exact) mass is 428 g/mol. The molecule has 0 aromatic heterocycles. The second kappa shape index (κ2) is 11.6. The lowest BCUT2D eigenvalue weighted by Gasteiger charge is -2.12. The number of methoxy groups -OCH3 is 2. The van der Waals surface area contributed by atoms with Crippen molar-refractivity contribution in [2.24, 2.45) is 0 Å². The number of carbonyl (C=O) groups excluding carboxylic acids is 1. The van der Waals surface area contributed by atoms with E-state index in [9.17, 15) is 4.79 Å². The molecule has 0 spiro atoms. The van der Waals surface area contributed by atoms with E-state index in [1.807, 2.05) is 0 Å². The lowest BCUT2D eigenvalue weighted by atomic mass is 10.3. The Hall–Kier alpha value is -2.19. The number of ether oxygens (including phenoxy) is 4. The molecule has 2 amide bonds. The predicted molar refractivity (Wildman–Crippen MR) is 110 cm³/mol. The second-order valence-corrected chi connectivity index (χ2v) is 6.37. The highest BCUT2D eigenvalue weighted by Gasteiger charge is 2.09. The van der Waals surface area contributed by atoms with E-state index in [1.54, 1.807) is 50.6 Å². The zero-order chi connectivity index (χ0) is 20.4. The standard InChI is InChI=1S/C19H22Cl2N2O5/c1-25-7-9-27-17-5-3-13(11-15(17)20)22-19(24)23-14-4-6-18(16(21)12-14)28-10-8-26-2/h3-6,11-12H,7-10H2,1-2H3,(H2,22,23,24). The van der Waals surface area contributed by atoms with Crippen LogP contribution in [0.25, 0.3) is 0 Å². The molecule has 2 aromatic rings. The highest BCUT2D eigenvalue weighted by atomic mass is 35.5. The molecule has 0 heterocycles. The molecule has 0 radical (unpaired) electrons. The Kier molecular flexibility index (Phi) is 9.16. The fourth-order valence-electron chi connectivity index (χ4n) is 2.15. The number of amides is 2. The van der Waals surface area contributed by atoms with E-state index in [-0.39, 0.29) is 0 Å². The summed E-state index contributed by atoms with van der Waals surface area (Å²) in [6.07, 6.45) is 0. The Morgan fingerprint density at radius 2 is 1.21 bits per heavy atom. The fourth-order valence-corrected chi connectivity index (χ4v) is 2.62. The Labute approximate surface area is 173 Å². The van der Waals surface area contributed by atoms with Crippen molar-refractivity contribution in [1.82, 2.24) is 0 Å². The van der Waals surface area contributed by atoms with Crippen molar-refractivity contribution in [1.29, 1.82) is 0 Å². The molecule has 0 aliphatic carbocycles. The number of hydrogen-bond acceptors (Lipinski definition) is 5. The van der Waals surface area contributed by atoms with Gasteiger partial charge in [0.15, 0.2) is 0 Å². The van der Waals surface area contributed by atoms with Gasteiger partial charge in [-0.05, 0) is 36.4 Å². The largest absolute Gasteiger partial charge is 0.490 e. The van der Waals surface area contributed by atoms with Crippen LogP contribution in [0, 0.1) is 0 Å². The van der Waals surface area contributed by atoms with Gasteiger partial charge in [0.25, 0.3) is 0 Å². The highest BCUT2D eigenvalue weighted by molar-refractivity contribution is 6.32. The van der Waals surface area contributed by atoms with E-state index in [0.717, 1.165) is 0 Å². The smallest absolute Gasteiger partial charge is 0.323 e. The van der Waals surface area contributed by atoms with Crippen LogP contribution in [0.4, 0.5) is 16.2 Å². The van der Waals surface area contributed by atoms with Crippen LogP contribution < -0.4 is 20.1 Å². The van der Waals surface area contributed by atoms with Gasteiger partial charge < -0.3 is 29.6 Å². The normalized spacial score (nSPS) is 10.4. The molecule has 28 heavy (non-hydrogen) atoms. The molecule has 2 N–H and O–H groups in total. The van der Waals surface area contributed by atoms with Gasteiger partial charge in [0.05, 0.1) is 23.3 Å². The quantitative estimate of drug-likeness (QED) is 0.536. The SMILES string of the molecule is COCCOc1ccc(NC(=O)Nc2ccc(OCCOC)c(Cl)c2)cc1Cl. The topological polar surface area (TPSA) is 78.1 Å². The minimum Gasteiger partial charge on any atom is -0.490 e. The third-order valence-corrected chi connectivity index (χ3v) is 4.06. The van der Waals surface area contributed by atoms with Gasteiger partial charge in [-0.3, -0.25) is 0 Å². The van der Waals surface area contributed by atoms with E-state index in [4.69, 9.17) is 42.1 Å². The lowest BCUT2D eigenvalue weighted by Crippen LogP contribution is -2.19. The van der Waals surface area contributed by atoms with Crippen LogP contribution in [-0.2, 0) is 9.47 Å². The van der Waals surface area contributed by atoms with Crippen molar-refractivity contribution in [3.63, 3.8) is 0 Å². The van der Waals surface area contributed by atoms with E-state index >= 15 is 0 Å². The number of urea groups is 1. The van der Waals surface area contributed by atoms with Gasteiger partial charge in [0, 0.05) is 25.6 Å². The van der Waals surface area contributed by atoms with Crippen molar-refractivity contribution in [3.05, 3.63) is 46.4 Å². The van der Waals surface area contributed by atoms with Gasteiger partial charge in [-0.15, -0.1) is 0 Å². The maximum Gasteiger partial charge on any atom is 0.323 e. The number of benzene rings is 2. The first kappa shape index (κ1) is 22.1. The molecule has 152 valence electrons. The summed E-state index contributed by atoms with van der Waals surface area (Å²) in [6, 6.07) is 9.49. The minimum absolute atomic E-state index is 0.384. The van der Waals surface area contributed by atoms with Gasteiger partial charge in [0.2, 0.25) is 0 Å². The van der Waals surface area contributed by atoms with Crippen LogP contribution in [-0.4, -0.2) is 46.7 Å². The molecule has 0 atom stereocenters. The van der Waals surface area contributed by atoms with Crippen molar-refractivity contribution >= 4 is 40.6 Å². The van der Waals surface area contributed by atoms with Crippen molar-refractivity contribution in [2.75, 3.05) is 51.3 Å². The number of carbonyl (C=O) groups is 1. The maximum absolute atomic E-state index is 12.2. The molecule has 0 aliphatic rings. The average Bonchev–Trinajstić information content (AvgIpc) is 2.65. The number of rotatable bonds is 10. The van der Waals surface area contributed by atoms with E-state index in [0.29, 0.717) is 59.3 Å². The van der Waals surface area contributed by atoms with Crippen LogP contribution in [0.1, 0.15) is 0 Å². The Balaban J connectivity index is 1.91. The lowest BCUT2D eigenvalue weighted by molar-refractivity contribution is 0.146. The van der Waals surface area contributed by atoms with Crippen LogP contribution >= 0.6 is 23.2 Å². The van der Waals surface area contributed by atoms with E-state index in [1.165, 1.54) is 0 Å². The molecular formula is C19H22Cl2N2O5. The first-order valence-electron chi connectivity index (χ1n) is 8.44. The molecular weight excluding hydrogens is 407 g/mol. The summed E-state index contributed by atoms with van der Waals surface area (Å²) >= 11 is 12.3. The summed E-state index contributed by atoms with van der Waals surface area (Å²) in [7, 11) is 3.18. The van der Waals surface area contributed by atoms with E-state index < -0.39 is 6.03 Å². The Morgan fingerprint density at radius 3 is 1.57 bits per heavy atom. The molecule has 0 saturated carbocycles. The van der Waals surface area contributed by atoms with Gasteiger partial charge >= 0.3 is 6.03 Å². The summed E-state index contributed by atoms with van der Waals surface area (Å²) in [5.41, 5.74) is 1.04. The Morgan fingerprint density at radius 1 is 0.786 bits per heavy atom. The zero-order valence-corrected chi connectivity index (χ0v) is 17.1. The van der Waals surface area contributed by atoms with Crippen LogP contribution in [0.2, 0.25) is 10.0 Å². The van der Waals surface area contributed by atoms with Crippen molar-refractivity contribution < 1.29 is 23.7 Å². The zero-order valence-electron chi connectivity index (χ0n) is 15.6. The molecule has 0 saturated heterocycles. The molecule has 0 fully saturated rings. The summed E-state index contributed by atoms with van der Waals surface area (Å²) in [4.78, 5) is 12.2. The maximum atomic E-state index is 12.2. The van der Waals surface area contributed by atoms with Gasteiger partial charge in [-0.25, -0.2) is 4.79 Å². The van der Waals surface area contributed by atoms with Crippen molar-refractivity contribution in [3.8, 4) is 11.5 Å². The van der Waals surface area contributed by atoms with Gasteiger partial charge in [-0.2, -0.15) is 0 Å². The second-order valence-electron chi connectivity index (χ2n) is 5.55. The molecule has 0 bridgehead atoms. The summed E-state index contributed by atoms with van der Waals surface area (Å²) < 4.78 is 20.8. The number of anilines is 2. The molecule has 7 nitrogen and oxygen atoms in total. The molecule has 9 heteroatoms. The minimum atomic E-state index is -0.437. The van der Waals surface area contributed by atoms with Crippen LogP contribution in [0.5, 0.6) is 11.5 Å². The molecule has 0 unspecified atom stereocenters. The first-order chi connectivity index (χ1) is 13.5. The van der Waals surface area contributed by atoms with Gasteiger partial charge in [0.1, 0.15) is 24.7 Å². The summed E-state index contributed by atoms with van der Waals surface area (Å²) in [6.45, 7) is 1.68. The fraction of sp³-hybridized carbons (Fsp3) is 0.316.